The number of nitrogens with one attached hydrogen (secondary N) is 1. The van der Waals surface area contributed by atoms with Crippen LogP contribution in [-0.2, 0) is 16.4 Å². The van der Waals surface area contributed by atoms with Crippen LogP contribution >= 0.6 is 0 Å². The zero-order valence-electron chi connectivity index (χ0n) is 19.2. The molecule has 1 unspecified atom stereocenters. The second kappa shape index (κ2) is 10.2. The Morgan fingerprint density at radius 1 is 1.00 bits per heavy atom. The summed E-state index contributed by atoms with van der Waals surface area (Å²) in [6.45, 7) is 0.643. The van der Waals surface area contributed by atoms with E-state index in [1.54, 1.807) is 43.5 Å². The fourth-order valence-corrected chi connectivity index (χ4v) is 5.40. The normalized spacial score (nSPS) is 15.7. The lowest BCUT2D eigenvalue weighted by Gasteiger charge is -2.25. The van der Waals surface area contributed by atoms with Gasteiger partial charge in [-0.25, -0.2) is 8.42 Å². The fraction of sp³-hybridized carbons (Fsp3) is 0.269. The number of hydrogen-bond donors (Lipinski definition) is 1. The van der Waals surface area contributed by atoms with Crippen LogP contribution in [0.3, 0.4) is 0 Å². The van der Waals surface area contributed by atoms with Crippen LogP contribution in [0.15, 0.2) is 77.7 Å². The van der Waals surface area contributed by atoms with E-state index in [1.165, 1.54) is 19.2 Å². The molecule has 1 saturated heterocycles. The first-order valence-electron chi connectivity index (χ1n) is 11.1. The van der Waals surface area contributed by atoms with E-state index in [1.807, 2.05) is 29.2 Å². The lowest BCUT2D eigenvalue weighted by Crippen LogP contribution is -2.36. The van der Waals surface area contributed by atoms with Crippen molar-refractivity contribution in [2.45, 2.75) is 30.2 Å². The average molecular weight is 481 g/mol. The lowest BCUT2D eigenvalue weighted by atomic mass is 10.0. The van der Waals surface area contributed by atoms with Crippen molar-refractivity contribution in [2.75, 3.05) is 25.5 Å². The van der Waals surface area contributed by atoms with Gasteiger partial charge in [-0.2, -0.15) is 0 Å². The number of sulfonamides is 1. The van der Waals surface area contributed by atoms with Crippen LogP contribution in [0.2, 0.25) is 0 Å². The van der Waals surface area contributed by atoms with Gasteiger partial charge in [0.15, 0.2) is 0 Å². The second-order valence-electron chi connectivity index (χ2n) is 8.18. The molecular weight excluding hydrogens is 452 g/mol. The number of hydrogen-bond acceptors (Lipinski definition) is 5. The molecule has 178 valence electrons. The third-order valence-corrected chi connectivity index (χ3v) is 7.35. The molecule has 1 amide bonds. The van der Waals surface area contributed by atoms with Gasteiger partial charge in [-0.3, -0.25) is 9.52 Å². The average Bonchev–Trinajstić information content (AvgIpc) is 3.32. The number of nitrogens with zero attached hydrogens (tertiary/aromatic N) is 1. The third-order valence-electron chi connectivity index (χ3n) is 5.99. The first-order valence-corrected chi connectivity index (χ1v) is 12.6. The molecule has 0 radical (unpaired) electrons. The minimum Gasteiger partial charge on any atom is -0.497 e. The molecule has 1 aliphatic rings. The number of carbonyl (C=O) groups is 1. The highest BCUT2D eigenvalue weighted by Crippen LogP contribution is 2.28. The molecular formula is C26H28N2O5S. The van der Waals surface area contributed by atoms with Crippen molar-refractivity contribution in [3.05, 3.63) is 83.9 Å². The first kappa shape index (κ1) is 23.6. The van der Waals surface area contributed by atoms with E-state index in [4.69, 9.17) is 9.47 Å². The molecule has 7 nitrogen and oxygen atoms in total. The van der Waals surface area contributed by atoms with Crippen LogP contribution < -0.4 is 14.2 Å². The molecule has 3 aromatic carbocycles. The molecule has 34 heavy (non-hydrogen) atoms. The van der Waals surface area contributed by atoms with Crippen molar-refractivity contribution in [2.24, 2.45) is 0 Å². The molecule has 1 heterocycles. The van der Waals surface area contributed by atoms with Crippen molar-refractivity contribution in [1.29, 1.82) is 0 Å². The standard InChI is InChI=1S/C26H28N2O5S/c1-32-22-11-5-8-19(17-22)16-21-10-7-15-28(21)26(29)20-9-6-12-23(18-20)34(30,31)27-24-13-3-4-14-25(24)33-2/h3-6,8-9,11-14,17-18,21,27H,7,10,15-16H2,1-2H3. The van der Waals surface area contributed by atoms with Gasteiger partial charge in [-0.05, 0) is 67.3 Å². The van der Waals surface area contributed by atoms with Gasteiger partial charge in [0.1, 0.15) is 11.5 Å². The lowest BCUT2D eigenvalue weighted by molar-refractivity contribution is 0.0736. The maximum Gasteiger partial charge on any atom is 0.262 e. The highest BCUT2D eigenvalue weighted by atomic mass is 32.2. The van der Waals surface area contributed by atoms with Crippen LogP contribution in [0.1, 0.15) is 28.8 Å². The topological polar surface area (TPSA) is 84.9 Å². The Bertz CT molecular complexity index is 1280. The molecule has 0 saturated carbocycles. The molecule has 0 spiro atoms. The third kappa shape index (κ3) is 5.17. The zero-order valence-corrected chi connectivity index (χ0v) is 20.0. The van der Waals surface area contributed by atoms with E-state index in [-0.39, 0.29) is 16.8 Å². The smallest absolute Gasteiger partial charge is 0.262 e. The van der Waals surface area contributed by atoms with E-state index < -0.39 is 10.0 Å². The Balaban J connectivity index is 1.53. The summed E-state index contributed by atoms with van der Waals surface area (Å²) in [7, 11) is -0.800. The molecule has 1 fully saturated rings. The number of para-hydroxylation sites is 2. The minimum absolute atomic E-state index is 0.0211. The maximum atomic E-state index is 13.4. The number of anilines is 1. The quantitative estimate of drug-likeness (QED) is 0.518. The number of methoxy groups -OCH3 is 2. The van der Waals surface area contributed by atoms with Gasteiger partial charge in [0.2, 0.25) is 0 Å². The summed E-state index contributed by atoms with van der Waals surface area (Å²) in [5, 5.41) is 0. The van der Waals surface area contributed by atoms with E-state index >= 15 is 0 Å². The summed E-state index contributed by atoms with van der Waals surface area (Å²) in [5.41, 5.74) is 1.78. The largest absolute Gasteiger partial charge is 0.497 e. The SMILES string of the molecule is COc1cccc(CC2CCCN2C(=O)c2cccc(S(=O)(=O)Nc3ccccc3OC)c2)c1. The summed E-state index contributed by atoms with van der Waals surface area (Å²) in [5.74, 6) is 1.03. The Labute approximate surface area is 200 Å². The van der Waals surface area contributed by atoms with Crippen molar-refractivity contribution < 1.29 is 22.7 Å². The molecule has 1 aliphatic heterocycles. The van der Waals surface area contributed by atoms with Gasteiger partial charge in [-0.1, -0.05) is 30.3 Å². The fourth-order valence-electron chi connectivity index (χ4n) is 4.28. The maximum absolute atomic E-state index is 13.4. The minimum atomic E-state index is -3.91. The number of rotatable bonds is 8. The van der Waals surface area contributed by atoms with Gasteiger partial charge in [0.25, 0.3) is 15.9 Å². The molecule has 4 rings (SSSR count). The monoisotopic (exact) mass is 480 g/mol. The molecule has 1 N–H and O–H groups in total. The molecule has 0 bridgehead atoms. The Morgan fingerprint density at radius 2 is 1.79 bits per heavy atom. The molecule has 3 aromatic rings. The number of carbonyl (C=O) groups excluding carboxylic acids is 1. The van der Waals surface area contributed by atoms with Crippen LogP contribution in [0.4, 0.5) is 5.69 Å². The summed E-state index contributed by atoms with van der Waals surface area (Å²) in [4.78, 5) is 15.2. The van der Waals surface area contributed by atoms with Crippen molar-refractivity contribution in [3.63, 3.8) is 0 Å². The molecule has 8 heteroatoms. The van der Waals surface area contributed by atoms with Gasteiger partial charge in [-0.15, -0.1) is 0 Å². The first-order chi connectivity index (χ1) is 16.4. The van der Waals surface area contributed by atoms with Gasteiger partial charge >= 0.3 is 0 Å². The Kier molecular flexibility index (Phi) is 7.07. The van der Waals surface area contributed by atoms with Crippen LogP contribution in [-0.4, -0.2) is 46.0 Å². The van der Waals surface area contributed by atoms with E-state index in [0.717, 1.165) is 30.6 Å². The van der Waals surface area contributed by atoms with Crippen molar-refractivity contribution in [1.82, 2.24) is 4.90 Å². The predicted molar refractivity (Wildman–Crippen MR) is 131 cm³/mol. The van der Waals surface area contributed by atoms with Crippen LogP contribution in [0.5, 0.6) is 11.5 Å². The van der Waals surface area contributed by atoms with Gasteiger partial charge < -0.3 is 14.4 Å². The number of amides is 1. The van der Waals surface area contributed by atoms with E-state index in [9.17, 15) is 13.2 Å². The van der Waals surface area contributed by atoms with E-state index in [2.05, 4.69) is 4.72 Å². The van der Waals surface area contributed by atoms with Crippen LogP contribution in [0, 0.1) is 0 Å². The highest BCUT2D eigenvalue weighted by Gasteiger charge is 2.30. The number of likely N-dealkylation sites (tertiary alicyclic amines) is 1. The van der Waals surface area contributed by atoms with Crippen LogP contribution in [0.25, 0.3) is 0 Å². The Morgan fingerprint density at radius 3 is 2.59 bits per heavy atom. The molecule has 0 aromatic heterocycles. The van der Waals surface area contributed by atoms with E-state index in [0.29, 0.717) is 23.5 Å². The van der Waals surface area contributed by atoms with Gasteiger partial charge in [0, 0.05) is 18.2 Å². The Hall–Kier alpha value is -3.52. The summed E-state index contributed by atoms with van der Waals surface area (Å²) < 4.78 is 39.2. The number of ether oxygens (including phenoxy) is 2. The predicted octanol–water partition coefficient (Wildman–Crippen LogP) is 4.35. The van der Waals surface area contributed by atoms with Crippen molar-refractivity contribution >= 4 is 21.6 Å². The zero-order chi connectivity index (χ0) is 24.1. The van der Waals surface area contributed by atoms with Gasteiger partial charge in [0.05, 0.1) is 24.8 Å². The number of benzene rings is 3. The molecule has 1 atom stereocenters. The van der Waals surface area contributed by atoms with Crippen molar-refractivity contribution in [3.8, 4) is 11.5 Å². The summed E-state index contributed by atoms with van der Waals surface area (Å²) >= 11 is 0. The molecule has 0 aliphatic carbocycles. The second-order valence-corrected chi connectivity index (χ2v) is 9.87. The summed E-state index contributed by atoms with van der Waals surface area (Å²) in [6.07, 6.45) is 2.53. The summed E-state index contributed by atoms with van der Waals surface area (Å²) in [6, 6.07) is 20.8. The highest BCUT2D eigenvalue weighted by molar-refractivity contribution is 7.92.